The molecule has 0 amide bonds. The van der Waals surface area contributed by atoms with Crippen LogP contribution in [0.4, 0.5) is 0 Å². The molecule has 0 radical (unpaired) electrons. The van der Waals surface area contributed by atoms with E-state index in [1.165, 1.54) is 19.5 Å². The lowest BCUT2D eigenvalue weighted by atomic mass is 9.97. The predicted molar refractivity (Wildman–Crippen MR) is 83.2 cm³/mol. The number of hydrogen-bond donors (Lipinski definition) is 0. The third kappa shape index (κ3) is 2.85. The minimum atomic E-state index is -1.18. The van der Waals surface area contributed by atoms with Crippen molar-refractivity contribution in [2.45, 2.75) is 20.3 Å². The Labute approximate surface area is 116 Å². The zero-order chi connectivity index (χ0) is 14.1. The molecule has 0 aromatic heterocycles. The van der Waals surface area contributed by atoms with Crippen LogP contribution in [-0.2, 0) is 0 Å². The van der Waals surface area contributed by atoms with Crippen molar-refractivity contribution in [1.29, 1.82) is 0 Å². The molecule has 1 aliphatic heterocycles. The van der Waals surface area contributed by atoms with Gasteiger partial charge in [0.15, 0.2) is 0 Å². The van der Waals surface area contributed by atoms with Gasteiger partial charge in [-0.3, -0.25) is 0 Å². The van der Waals surface area contributed by atoms with Crippen LogP contribution in [0.2, 0.25) is 0 Å². The molecule has 0 bridgehead atoms. The molecule has 1 rings (SSSR count). The summed E-state index contributed by atoms with van der Waals surface area (Å²) >= 11 is 0. The highest BCUT2D eigenvalue weighted by atomic mass is 32.3. The van der Waals surface area contributed by atoms with E-state index in [1.54, 1.807) is 0 Å². The van der Waals surface area contributed by atoms with Crippen molar-refractivity contribution in [1.82, 2.24) is 17.2 Å². The largest absolute Gasteiger partial charge is 0.239 e. The van der Waals surface area contributed by atoms with Gasteiger partial charge < -0.3 is 0 Å². The molecule has 1 saturated heterocycles. The van der Waals surface area contributed by atoms with Gasteiger partial charge in [-0.25, -0.2) is 17.2 Å². The third-order valence-corrected chi connectivity index (χ3v) is 7.69. The van der Waals surface area contributed by atoms with E-state index in [4.69, 9.17) is 0 Å². The smallest absolute Gasteiger partial charge is 0.0131 e. The Morgan fingerprint density at radius 1 is 0.833 bits per heavy atom. The van der Waals surface area contributed by atoms with Crippen LogP contribution >= 0.6 is 10.8 Å². The van der Waals surface area contributed by atoms with Crippen molar-refractivity contribution in [2.75, 3.05) is 55.4 Å². The molecule has 18 heavy (non-hydrogen) atoms. The Hall–Kier alpha value is 0.190. The second-order valence-corrected chi connectivity index (χ2v) is 9.87. The minimum absolute atomic E-state index is 0.769. The molecule has 0 saturated carbocycles. The fourth-order valence-corrected chi connectivity index (χ4v) is 7.86. The first-order valence-corrected chi connectivity index (χ1v) is 8.29. The summed E-state index contributed by atoms with van der Waals surface area (Å²) in [5, 5.41) is 0. The Bertz CT molecular complexity index is 244. The summed E-state index contributed by atoms with van der Waals surface area (Å²) in [5.74, 6) is 1.54. The van der Waals surface area contributed by atoms with E-state index in [0.29, 0.717) is 0 Å². The lowest BCUT2D eigenvalue weighted by Gasteiger charge is -2.61. The molecule has 4 nitrogen and oxygen atoms in total. The molecular weight excluding hydrogens is 244 g/mol. The summed E-state index contributed by atoms with van der Waals surface area (Å²) in [5.41, 5.74) is 0. The highest BCUT2D eigenvalue weighted by Gasteiger charge is 2.40. The van der Waals surface area contributed by atoms with Crippen LogP contribution in [0.15, 0.2) is 0 Å². The van der Waals surface area contributed by atoms with Crippen LogP contribution in [-0.4, -0.2) is 72.6 Å². The summed E-state index contributed by atoms with van der Waals surface area (Å²) in [4.78, 5) is 0. The maximum absolute atomic E-state index is 2.56. The number of nitrogens with zero attached hydrogens (tertiary/aromatic N) is 4. The van der Waals surface area contributed by atoms with Crippen molar-refractivity contribution in [2.24, 2.45) is 11.8 Å². The minimum Gasteiger partial charge on any atom is -0.239 e. The van der Waals surface area contributed by atoms with E-state index >= 15 is 0 Å². The average molecular weight is 276 g/mol. The molecule has 0 spiro atoms. The van der Waals surface area contributed by atoms with Crippen LogP contribution in [0.1, 0.15) is 20.3 Å². The first-order chi connectivity index (χ1) is 8.22. The monoisotopic (exact) mass is 276 g/mol. The van der Waals surface area contributed by atoms with E-state index < -0.39 is 10.8 Å². The summed E-state index contributed by atoms with van der Waals surface area (Å²) in [6.07, 6.45) is 1.32. The van der Waals surface area contributed by atoms with Crippen molar-refractivity contribution in [3.05, 3.63) is 0 Å². The van der Waals surface area contributed by atoms with Gasteiger partial charge in [0.25, 0.3) is 0 Å². The van der Waals surface area contributed by atoms with Crippen molar-refractivity contribution >= 4 is 10.8 Å². The van der Waals surface area contributed by atoms with Gasteiger partial charge in [-0.2, -0.15) is 0 Å². The topological polar surface area (TPSA) is 13.0 Å². The molecule has 5 heteroatoms. The van der Waals surface area contributed by atoms with Crippen LogP contribution in [0, 0.1) is 11.8 Å². The van der Waals surface area contributed by atoms with Gasteiger partial charge in [0.05, 0.1) is 0 Å². The summed E-state index contributed by atoms with van der Waals surface area (Å²) in [7, 11) is 12.2. The van der Waals surface area contributed by atoms with Gasteiger partial charge in [0.1, 0.15) is 0 Å². The van der Waals surface area contributed by atoms with Crippen molar-refractivity contribution in [3.8, 4) is 0 Å². The molecule has 0 aromatic rings. The Morgan fingerprint density at radius 3 is 1.44 bits per heavy atom. The summed E-state index contributed by atoms with van der Waals surface area (Å²) < 4.78 is 9.92. The van der Waals surface area contributed by atoms with E-state index in [-0.39, 0.29) is 0 Å². The maximum Gasteiger partial charge on any atom is 0.0131 e. The molecule has 0 aliphatic carbocycles. The van der Waals surface area contributed by atoms with Crippen LogP contribution in [0.3, 0.4) is 0 Å². The zero-order valence-corrected chi connectivity index (χ0v) is 14.3. The molecule has 1 fully saturated rings. The quantitative estimate of drug-likeness (QED) is 0.766. The summed E-state index contributed by atoms with van der Waals surface area (Å²) in [6, 6.07) is 0. The van der Waals surface area contributed by atoms with Crippen LogP contribution in [0.25, 0.3) is 0 Å². The Kier molecular flexibility index (Phi) is 5.50. The van der Waals surface area contributed by atoms with Gasteiger partial charge in [-0.15, -0.1) is 0 Å². The van der Waals surface area contributed by atoms with Gasteiger partial charge in [0, 0.05) is 13.1 Å². The fourth-order valence-electron chi connectivity index (χ4n) is 3.59. The lowest BCUT2D eigenvalue weighted by molar-refractivity contribution is 0.257. The Morgan fingerprint density at radius 2 is 1.17 bits per heavy atom. The third-order valence-electron chi connectivity index (χ3n) is 3.76. The van der Waals surface area contributed by atoms with E-state index in [9.17, 15) is 0 Å². The standard InChI is InChI=1S/C13H32N4S/c1-12-9-13(2)11-17(8)18(14(3)4,15(5)6)16(7)10-12/h12-13H,9-11H2,1-8H3. The second-order valence-electron chi connectivity index (χ2n) is 6.18. The van der Waals surface area contributed by atoms with Gasteiger partial charge >= 0.3 is 0 Å². The maximum atomic E-state index is 2.56. The molecule has 0 N–H and O–H groups in total. The van der Waals surface area contributed by atoms with E-state index in [0.717, 1.165) is 11.8 Å². The molecule has 1 aliphatic rings. The van der Waals surface area contributed by atoms with Gasteiger partial charge in [-0.1, -0.05) is 13.8 Å². The van der Waals surface area contributed by atoms with Crippen molar-refractivity contribution in [3.63, 3.8) is 0 Å². The van der Waals surface area contributed by atoms with Crippen LogP contribution in [0.5, 0.6) is 0 Å². The first-order valence-electron chi connectivity index (χ1n) is 6.83. The van der Waals surface area contributed by atoms with Gasteiger partial charge in [-0.05, 0) is 71.3 Å². The second kappa shape index (κ2) is 6.09. The summed E-state index contributed by atoms with van der Waals surface area (Å²) in [6.45, 7) is 7.10. The molecule has 2 atom stereocenters. The van der Waals surface area contributed by atoms with E-state index in [1.807, 2.05) is 0 Å². The highest BCUT2D eigenvalue weighted by molar-refractivity contribution is 8.25. The SMILES string of the molecule is CC1CC(C)CN(C)S(N(C)C)(N(C)C)N(C)C1. The molecule has 2 unspecified atom stereocenters. The lowest BCUT2D eigenvalue weighted by Crippen LogP contribution is -2.53. The molecule has 110 valence electrons. The number of hydrogen-bond acceptors (Lipinski definition) is 4. The first kappa shape index (κ1) is 16.2. The van der Waals surface area contributed by atoms with Gasteiger partial charge in [0.2, 0.25) is 0 Å². The highest BCUT2D eigenvalue weighted by Crippen LogP contribution is 2.57. The normalized spacial score (nSPS) is 33.4. The number of rotatable bonds is 2. The van der Waals surface area contributed by atoms with E-state index in [2.05, 4.69) is 73.4 Å². The molecule has 1 heterocycles. The predicted octanol–water partition coefficient (Wildman–Crippen LogP) is 2.11. The molecule has 0 aromatic carbocycles. The van der Waals surface area contributed by atoms with Crippen LogP contribution < -0.4 is 0 Å². The average Bonchev–Trinajstić information content (AvgIpc) is 2.13. The zero-order valence-electron chi connectivity index (χ0n) is 13.5. The van der Waals surface area contributed by atoms with Crippen molar-refractivity contribution < 1.29 is 0 Å². The molecular formula is C13H32N4S. The Balaban J connectivity index is 3.14. The fraction of sp³-hybridized carbons (Fsp3) is 1.00.